The van der Waals surface area contributed by atoms with Gasteiger partial charge in [-0.3, -0.25) is 9.59 Å². The lowest BCUT2D eigenvalue weighted by Gasteiger charge is -2.31. The fourth-order valence-corrected chi connectivity index (χ4v) is 4.18. The van der Waals surface area contributed by atoms with Crippen LogP contribution in [-0.4, -0.2) is 55.0 Å². The SMILES string of the molecule is COCCCNC(=O)CC1CCN(C(=O)c2ccc3oc(-c4ccc(C)cc4)nc3c2)CC1. The van der Waals surface area contributed by atoms with E-state index in [1.807, 2.05) is 42.2 Å². The Morgan fingerprint density at radius 1 is 1.15 bits per heavy atom. The summed E-state index contributed by atoms with van der Waals surface area (Å²) in [6, 6.07) is 13.4. The number of amides is 2. The summed E-state index contributed by atoms with van der Waals surface area (Å²) in [5.74, 6) is 0.943. The Morgan fingerprint density at radius 3 is 2.64 bits per heavy atom. The van der Waals surface area contributed by atoms with Gasteiger partial charge in [0, 0.05) is 50.9 Å². The van der Waals surface area contributed by atoms with E-state index in [1.165, 1.54) is 5.56 Å². The number of benzene rings is 2. The zero-order chi connectivity index (χ0) is 23.2. The van der Waals surface area contributed by atoms with Crippen LogP contribution >= 0.6 is 0 Å². The van der Waals surface area contributed by atoms with E-state index >= 15 is 0 Å². The number of nitrogens with one attached hydrogen (secondary N) is 1. The molecule has 174 valence electrons. The number of rotatable bonds is 8. The lowest BCUT2D eigenvalue weighted by Crippen LogP contribution is -2.39. The van der Waals surface area contributed by atoms with Gasteiger partial charge < -0.3 is 19.4 Å². The fraction of sp³-hybridized carbons (Fsp3) is 0.423. The number of carbonyl (C=O) groups is 2. The van der Waals surface area contributed by atoms with Crippen molar-refractivity contribution in [3.8, 4) is 11.5 Å². The summed E-state index contributed by atoms with van der Waals surface area (Å²) in [4.78, 5) is 31.6. The number of hydrogen-bond acceptors (Lipinski definition) is 5. The molecule has 1 fully saturated rings. The van der Waals surface area contributed by atoms with Gasteiger partial charge in [-0.2, -0.15) is 0 Å². The van der Waals surface area contributed by atoms with Gasteiger partial charge >= 0.3 is 0 Å². The normalized spacial score (nSPS) is 14.5. The van der Waals surface area contributed by atoms with E-state index in [0.717, 1.165) is 24.8 Å². The molecule has 0 saturated carbocycles. The molecule has 1 aromatic heterocycles. The summed E-state index contributed by atoms with van der Waals surface area (Å²) in [5.41, 5.74) is 4.04. The number of oxazole rings is 1. The van der Waals surface area contributed by atoms with Gasteiger partial charge in [0.2, 0.25) is 11.8 Å². The van der Waals surface area contributed by atoms with Crippen LogP contribution < -0.4 is 5.32 Å². The predicted octanol–water partition coefficient (Wildman–Crippen LogP) is 4.20. The van der Waals surface area contributed by atoms with E-state index in [9.17, 15) is 9.59 Å². The Labute approximate surface area is 194 Å². The average molecular weight is 450 g/mol. The Kier molecular flexibility index (Phi) is 7.40. The zero-order valence-corrected chi connectivity index (χ0v) is 19.3. The summed E-state index contributed by atoms with van der Waals surface area (Å²) in [7, 11) is 1.66. The largest absolute Gasteiger partial charge is 0.436 e. The highest BCUT2D eigenvalue weighted by molar-refractivity contribution is 5.97. The summed E-state index contributed by atoms with van der Waals surface area (Å²) < 4.78 is 10.9. The minimum absolute atomic E-state index is 0.000692. The topological polar surface area (TPSA) is 84.7 Å². The Hall–Kier alpha value is -3.19. The first-order valence-electron chi connectivity index (χ1n) is 11.6. The molecule has 0 spiro atoms. The molecule has 3 aromatic rings. The zero-order valence-electron chi connectivity index (χ0n) is 19.3. The molecule has 0 radical (unpaired) electrons. The van der Waals surface area contributed by atoms with Gasteiger partial charge in [0.05, 0.1) is 0 Å². The van der Waals surface area contributed by atoms with Gasteiger partial charge in [-0.05, 0) is 62.4 Å². The molecule has 7 heteroatoms. The van der Waals surface area contributed by atoms with E-state index in [4.69, 9.17) is 9.15 Å². The van der Waals surface area contributed by atoms with Gasteiger partial charge in [-0.1, -0.05) is 17.7 Å². The van der Waals surface area contributed by atoms with Crippen LogP contribution in [0, 0.1) is 12.8 Å². The van der Waals surface area contributed by atoms with Gasteiger partial charge in [0.1, 0.15) is 5.52 Å². The number of ether oxygens (including phenoxy) is 1. The maximum Gasteiger partial charge on any atom is 0.253 e. The molecule has 2 heterocycles. The molecule has 0 bridgehead atoms. The summed E-state index contributed by atoms with van der Waals surface area (Å²) in [6.45, 7) is 4.64. The van der Waals surface area contributed by atoms with Crippen LogP contribution in [-0.2, 0) is 9.53 Å². The van der Waals surface area contributed by atoms with Gasteiger partial charge in [0.25, 0.3) is 5.91 Å². The van der Waals surface area contributed by atoms with Crippen molar-refractivity contribution in [1.82, 2.24) is 15.2 Å². The summed E-state index contributed by atoms with van der Waals surface area (Å²) >= 11 is 0. The number of hydrogen-bond donors (Lipinski definition) is 1. The van der Waals surface area contributed by atoms with Crippen LogP contribution in [0.1, 0.15) is 41.6 Å². The number of aryl methyl sites for hydroxylation is 1. The highest BCUT2D eigenvalue weighted by atomic mass is 16.5. The third kappa shape index (κ3) is 5.79. The van der Waals surface area contributed by atoms with Gasteiger partial charge in [-0.15, -0.1) is 0 Å². The molecule has 1 saturated heterocycles. The highest BCUT2D eigenvalue weighted by Gasteiger charge is 2.25. The molecular weight excluding hydrogens is 418 g/mol. The Morgan fingerprint density at radius 2 is 1.91 bits per heavy atom. The van der Waals surface area contributed by atoms with Crippen molar-refractivity contribution in [1.29, 1.82) is 0 Å². The number of fused-ring (bicyclic) bond motifs is 1. The molecule has 7 nitrogen and oxygen atoms in total. The van der Waals surface area contributed by atoms with Crippen LogP contribution in [0.3, 0.4) is 0 Å². The minimum Gasteiger partial charge on any atom is -0.436 e. The fourth-order valence-electron chi connectivity index (χ4n) is 4.18. The second kappa shape index (κ2) is 10.6. The molecule has 2 amide bonds. The molecule has 0 unspecified atom stereocenters. The summed E-state index contributed by atoms with van der Waals surface area (Å²) in [6.07, 6.45) is 3.00. The average Bonchev–Trinajstić information content (AvgIpc) is 3.26. The second-order valence-corrected chi connectivity index (χ2v) is 8.70. The van der Waals surface area contributed by atoms with Crippen LogP contribution in [0.2, 0.25) is 0 Å². The van der Waals surface area contributed by atoms with Crippen LogP contribution in [0.15, 0.2) is 46.9 Å². The number of aromatic nitrogens is 1. The molecular formula is C26H31N3O4. The molecule has 33 heavy (non-hydrogen) atoms. The van der Waals surface area contributed by atoms with Crippen LogP contribution in [0.5, 0.6) is 0 Å². The molecule has 0 aliphatic carbocycles. The van der Waals surface area contributed by atoms with Crippen molar-refractivity contribution < 1.29 is 18.7 Å². The maximum absolute atomic E-state index is 13.1. The standard InChI is InChI=1S/C26H31N3O4/c1-18-4-6-20(7-5-18)25-28-22-17-21(8-9-23(22)33-25)26(31)29-13-10-19(11-14-29)16-24(30)27-12-3-15-32-2/h4-9,17,19H,3,10-16H2,1-2H3,(H,27,30). The predicted molar refractivity (Wildman–Crippen MR) is 127 cm³/mol. The summed E-state index contributed by atoms with van der Waals surface area (Å²) in [5, 5.41) is 2.94. The maximum atomic E-state index is 13.1. The Balaban J connectivity index is 1.33. The van der Waals surface area contributed by atoms with E-state index in [1.54, 1.807) is 19.2 Å². The van der Waals surface area contributed by atoms with Crippen molar-refractivity contribution in [2.75, 3.05) is 33.4 Å². The second-order valence-electron chi connectivity index (χ2n) is 8.70. The number of nitrogens with zero attached hydrogens (tertiary/aromatic N) is 2. The molecule has 4 rings (SSSR count). The van der Waals surface area contributed by atoms with Crippen molar-refractivity contribution >= 4 is 22.9 Å². The van der Waals surface area contributed by atoms with Gasteiger partial charge in [-0.25, -0.2) is 4.98 Å². The first kappa shape index (κ1) is 23.0. The number of methoxy groups -OCH3 is 1. The van der Waals surface area contributed by atoms with Crippen LogP contribution in [0.25, 0.3) is 22.6 Å². The van der Waals surface area contributed by atoms with Crippen molar-refractivity contribution in [3.63, 3.8) is 0 Å². The van der Waals surface area contributed by atoms with Crippen molar-refractivity contribution in [2.24, 2.45) is 5.92 Å². The number of carbonyl (C=O) groups excluding carboxylic acids is 2. The number of likely N-dealkylation sites (tertiary alicyclic amines) is 1. The third-order valence-corrected chi connectivity index (χ3v) is 6.16. The monoisotopic (exact) mass is 449 g/mol. The Bertz CT molecular complexity index is 1100. The molecule has 1 aliphatic heterocycles. The highest BCUT2D eigenvalue weighted by Crippen LogP contribution is 2.27. The lowest BCUT2D eigenvalue weighted by molar-refractivity contribution is -0.122. The smallest absolute Gasteiger partial charge is 0.253 e. The van der Waals surface area contributed by atoms with Crippen molar-refractivity contribution in [3.05, 3.63) is 53.6 Å². The van der Waals surface area contributed by atoms with E-state index < -0.39 is 0 Å². The number of piperidine rings is 1. The van der Waals surface area contributed by atoms with E-state index in [2.05, 4.69) is 10.3 Å². The lowest BCUT2D eigenvalue weighted by atomic mass is 9.93. The third-order valence-electron chi connectivity index (χ3n) is 6.16. The van der Waals surface area contributed by atoms with E-state index in [0.29, 0.717) is 61.1 Å². The van der Waals surface area contributed by atoms with E-state index in [-0.39, 0.29) is 11.8 Å². The molecule has 1 aliphatic rings. The quantitative estimate of drug-likeness (QED) is 0.521. The first-order valence-corrected chi connectivity index (χ1v) is 11.6. The van der Waals surface area contributed by atoms with Crippen LogP contribution in [0.4, 0.5) is 0 Å². The minimum atomic E-state index is -0.000692. The molecule has 0 atom stereocenters. The molecule has 1 N–H and O–H groups in total. The molecule has 2 aromatic carbocycles. The van der Waals surface area contributed by atoms with Gasteiger partial charge in [0.15, 0.2) is 5.58 Å². The first-order chi connectivity index (χ1) is 16.0. The van der Waals surface area contributed by atoms with Crippen molar-refractivity contribution in [2.45, 2.75) is 32.6 Å².